The van der Waals surface area contributed by atoms with E-state index in [0.717, 1.165) is 36.5 Å². The number of alkyl halides is 6. The molecule has 0 aliphatic carbocycles. The molecule has 17 heteroatoms. The van der Waals surface area contributed by atoms with Crippen LogP contribution < -0.4 is 19.9 Å². The van der Waals surface area contributed by atoms with Crippen molar-refractivity contribution in [2.24, 2.45) is 5.14 Å². The number of anilines is 1. The summed E-state index contributed by atoms with van der Waals surface area (Å²) in [7, 11) is -4.09. The Bertz CT molecular complexity index is 1620. The average molecular weight is 561 g/mol. The molecule has 0 aliphatic rings. The normalized spacial score (nSPS) is 12.4. The smallest absolute Gasteiger partial charge is 0.406 e. The van der Waals surface area contributed by atoms with E-state index in [1.807, 2.05) is 0 Å². The number of fused-ring (bicyclic) bond motifs is 1. The maximum atomic E-state index is 13.7. The first kappa shape index (κ1) is 26.7. The third-order valence-electron chi connectivity index (χ3n) is 4.73. The molecule has 0 spiro atoms. The van der Waals surface area contributed by atoms with E-state index in [-0.39, 0.29) is 21.8 Å². The largest absolute Gasteiger partial charge is 0.573 e. The van der Waals surface area contributed by atoms with Gasteiger partial charge in [0.05, 0.1) is 16.8 Å². The van der Waals surface area contributed by atoms with Crippen molar-refractivity contribution in [3.63, 3.8) is 0 Å². The number of hydrogen-bond acceptors (Lipinski definition) is 7. The number of carbonyl (C=O) groups is 1. The monoisotopic (exact) mass is 561 g/mol. The minimum absolute atomic E-state index is 0.0102. The quantitative estimate of drug-likeness (QED) is 0.341. The number of benzene rings is 2. The third-order valence-corrected chi connectivity index (χ3v) is 5.64. The van der Waals surface area contributed by atoms with Gasteiger partial charge in [-0.2, -0.15) is 18.3 Å². The topological polar surface area (TPSA) is 138 Å². The SMILES string of the molecule is NS(=O)(=O)c1cccc(NC(=O)Oc2cnn3c(C(F)(F)F)cc(-c4ccc(OC(F)(F)F)cc4)nc23)c1. The van der Waals surface area contributed by atoms with E-state index in [1.165, 1.54) is 18.2 Å². The van der Waals surface area contributed by atoms with Crippen molar-refractivity contribution in [1.29, 1.82) is 0 Å². The lowest BCUT2D eigenvalue weighted by Crippen LogP contribution is -2.18. The molecule has 0 saturated heterocycles. The molecule has 0 saturated carbocycles. The summed E-state index contributed by atoms with van der Waals surface area (Å²) in [6, 6.07) is 9.28. The van der Waals surface area contributed by atoms with Gasteiger partial charge in [0.25, 0.3) is 0 Å². The first-order chi connectivity index (χ1) is 17.6. The highest BCUT2D eigenvalue weighted by molar-refractivity contribution is 7.89. The van der Waals surface area contributed by atoms with Crippen molar-refractivity contribution in [1.82, 2.24) is 14.6 Å². The summed E-state index contributed by atoms with van der Waals surface area (Å²) in [5.41, 5.74) is -2.24. The minimum atomic E-state index is -4.97. The second kappa shape index (κ2) is 9.49. The van der Waals surface area contributed by atoms with Gasteiger partial charge in [0, 0.05) is 11.3 Å². The molecule has 38 heavy (non-hydrogen) atoms. The Morgan fingerprint density at radius 1 is 1.00 bits per heavy atom. The molecule has 0 radical (unpaired) electrons. The Morgan fingerprint density at radius 3 is 2.29 bits per heavy atom. The van der Waals surface area contributed by atoms with Crippen LogP contribution in [0.4, 0.5) is 36.8 Å². The van der Waals surface area contributed by atoms with E-state index >= 15 is 0 Å². The summed E-state index contributed by atoms with van der Waals surface area (Å²) in [6.45, 7) is 0. The van der Waals surface area contributed by atoms with Gasteiger partial charge in [0.2, 0.25) is 10.0 Å². The predicted octanol–water partition coefficient (Wildman–Crippen LogP) is 4.57. The molecule has 200 valence electrons. The van der Waals surface area contributed by atoms with Gasteiger partial charge in [-0.05, 0) is 48.5 Å². The summed E-state index contributed by atoms with van der Waals surface area (Å²) < 4.78 is 111. The van der Waals surface area contributed by atoms with Crippen molar-refractivity contribution in [3.05, 3.63) is 66.5 Å². The molecular formula is C21H13F6N5O5S. The van der Waals surface area contributed by atoms with Crippen molar-refractivity contribution in [3.8, 4) is 22.8 Å². The van der Waals surface area contributed by atoms with Gasteiger partial charge in [-0.25, -0.2) is 27.9 Å². The number of amides is 1. The van der Waals surface area contributed by atoms with E-state index < -0.39 is 51.5 Å². The summed E-state index contributed by atoms with van der Waals surface area (Å²) in [6.07, 6.45) is -10.3. The number of primary sulfonamides is 1. The predicted molar refractivity (Wildman–Crippen MR) is 118 cm³/mol. The van der Waals surface area contributed by atoms with Gasteiger partial charge < -0.3 is 9.47 Å². The summed E-state index contributed by atoms with van der Waals surface area (Å²) in [4.78, 5) is 16.1. The highest BCUT2D eigenvalue weighted by Crippen LogP contribution is 2.35. The lowest BCUT2D eigenvalue weighted by atomic mass is 10.1. The van der Waals surface area contributed by atoms with Crippen LogP contribution in [0.3, 0.4) is 0 Å². The molecule has 3 N–H and O–H groups in total. The van der Waals surface area contributed by atoms with Crippen molar-refractivity contribution in [2.75, 3.05) is 5.32 Å². The second-order valence-electron chi connectivity index (χ2n) is 7.43. The Kier molecular flexibility index (Phi) is 6.66. The fourth-order valence-corrected chi connectivity index (χ4v) is 3.75. The zero-order chi connectivity index (χ0) is 27.9. The van der Waals surface area contributed by atoms with E-state index in [1.54, 1.807) is 0 Å². The fourth-order valence-electron chi connectivity index (χ4n) is 3.19. The Balaban J connectivity index is 1.67. The average Bonchev–Trinajstić information content (AvgIpc) is 3.19. The number of ether oxygens (including phenoxy) is 2. The highest BCUT2D eigenvalue weighted by atomic mass is 32.2. The molecule has 4 rings (SSSR count). The highest BCUT2D eigenvalue weighted by Gasteiger charge is 2.36. The molecule has 0 atom stereocenters. The van der Waals surface area contributed by atoms with Gasteiger partial charge >= 0.3 is 18.6 Å². The number of hydrogen-bond donors (Lipinski definition) is 2. The van der Waals surface area contributed by atoms with E-state index in [4.69, 9.17) is 9.88 Å². The van der Waals surface area contributed by atoms with Crippen LogP contribution in [0.1, 0.15) is 5.69 Å². The van der Waals surface area contributed by atoms with Crippen LogP contribution in [0.25, 0.3) is 16.9 Å². The van der Waals surface area contributed by atoms with Gasteiger partial charge in [-0.3, -0.25) is 5.32 Å². The number of rotatable bonds is 5. The second-order valence-corrected chi connectivity index (χ2v) is 8.99. The first-order valence-corrected chi connectivity index (χ1v) is 11.6. The standard InChI is InChI=1S/C21H13F6N5O5S/c22-20(23,24)17-9-15(11-4-6-13(7-5-11)37-21(25,26)27)31-18-16(10-29-32(17)18)36-19(33)30-12-2-1-3-14(8-12)38(28,34)35/h1-10H,(H,30,33)(H2,28,34,35). The van der Waals surface area contributed by atoms with E-state index in [0.29, 0.717) is 10.6 Å². The van der Waals surface area contributed by atoms with Gasteiger partial charge in [-0.1, -0.05) is 6.07 Å². The molecule has 0 unspecified atom stereocenters. The van der Waals surface area contributed by atoms with Gasteiger partial charge in [0.15, 0.2) is 17.1 Å². The molecule has 0 bridgehead atoms. The molecule has 10 nitrogen and oxygen atoms in total. The summed E-state index contributed by atoms with van der Waals surface area (Å²) in [5.74, 6) is -1.11. The Hall–Kier alpha value is -4.38. The molecule has 2 aromatic heterocycles. The number of sulfonamides is 1. The Morgan fingerprint density at radius 2 is 1.68 bits per heavy atom. The molecule has 1 amide bonds. The number of nitrogens with two attached hydrogens (primary N) is 1. The maximum Gasteiger partial charge on any atom is 0.573 e. The Labute approximate surface area is 208 Å². The van der Waals surface area contributed by atoms with Crippen molar-refractivity contribution in [2.45, 2.75) is 17.4 Å². The number of aromatic nitrogens is 3. The lowest BCUT2D eigenvalue weighted by Gasteiger charge is -2.12. The summed E-state index contributed by atoms with van der Waals surface area (Å²) >= 11 is 0. The zero-order valence-corrected chi connectivity index (χ0v) is 19.2. The number of halogens is 6. The van der Waals surface area contributed by atoms with Crippen LogP contribution in [0.2, 0.25) is 0 Å². The number of carbonyl (C=O) groups excluding carboxylic acids is 1. The maximum absolute atomic E-state index is 13.7. The van der Waals surface area contributed by atoms with Crippen molar-refractivity contribution < 1.29 is 49.0 Å². The molecule has 0 aliphatic heterocycles. The first-order valence-electron chi connectivity index (χ1n) is 10.0. The van der Waals surface area contributed by atoms with E-state index in [2.05, 4.69) is 20.1 Å². The van der Waals surface area contributed by atoms with Gasteiger partial charge in [0.1, 0.15) is 5.75 Å². The van der Waals surface area contributed by atoms with Crippen LogP contribution in [0.5, 0.6) is 11.5 Å². The summed E-state index contributed by atoms with van der Waals surface area (Å²) in [5, 5.41) is 10.8. The molecule has 0 fully saturated rings. The zero-order valence-electron chi connectivity index (χ0n) is 18.4. The fraction of sp³-hybridized carbons (Fsp3) is 0.0952. The molecule has 2 heterocycles. The number of nitrogens with zero attached hydrogens (tertiary/aromatic N) is 3. The molecule has 4 aromatic rings. The van der Waals surface area contributed by atoms with E-state index in [9.17, 15) is 39.6 Å². The van der Waals surface area contributed by atoms with Crippen LogP contribution in [0, 0.1) is 0 Å². The lowest BCUT2D eigenvalue weighted by molar-refractivity contribution is -0.274. The minimum Gasteiger partial charge on any atom is -0.406 e. The molecule has 2 aromatic carbocycles. The van der Waals surface area contributed by atoms with Crippen molar-refractivity contribution >= 4 is 27.5 Å². The number of nitrogens with one attached hydrogen (secondary N) is 1. The van der Waals surface area contributed by atoms with Crippen LogP contribution >= 0.6 is 0 Å². The third kappa shape index (κ3) is 6.12. The van der Waals surface area contributed by atoms with Crippen LogP contribution in [0.15, 0.2) is 65.7 Å². The molecular weight excluding hydrogens is 548 g/mol. The van der Waals surface area contributed by atoms with Crippen LogP contribution in [-0.4, -0.2) is 35.5 Å². The van der Waals surface area contributed by atoms with Gasteiger partial charge in [-0.15, -0.1) is 13.2 Å². The van der Waals surface area contributed by atoms with Crippen LogP contribution in [-0.2, 0) is 16.2 Å².